The molecule has 96 valence electrons. The molecular formula is C10H18N4O3. The van der Waals surface area contributed by atoms with Crippen molar-refractivity contribution < 1.29 is 14.3 Å². The lowest BCUT2D eigenvalue weighted by atomic mass is 10.2. The Labute approximate surface area is 100 Å². The average molecular weight is 242 g/mol. The smallest absolute Gasteiger partial charge is 0.410 e. The zero-order chi connectivity index (χ0) is 12.9. The quantitative estimate of drug-likeness (QED) is 0.421. The molecule has 0 spiro atoms. The molecule has 1 atom stereocenters. The first kappa shape index (κ1) is 13.6. The first-order valence-electron chi connectivity index (χ1n) is 5.53. The maximum atomic E-state index is 11.8. The summed E-state index contributed by atoms with van der Waals surface area (Å²) < 4.78 is 10.6. The summed E-state index contributed by atoms with van der Waals surface area (Å²) in [7, 11) is 0. The Kier molecular flexibility index (Phi) is 4.60. The molecule has 0 radical (unpaired) electrons. The molecule has 0 bridgehead atoms. The van der Waals surface area contributed by atoms with Gasteiger partial charge >= 0.3 is 6.09 Å². The molecular weight excluding hydrogens is 224 g/mol. The van der Waals surface area contributed by atoms with Crippen molar-refractivity contribution in [2.45, 2.75) is 32.5 Å². The molecule has 7 heteroatoms. The van der Waals surface area contributed by atoms with Crippen molar-refractivity contribution in [1.82, 2.24) is 4.90 Å². The van der Waals surface area contributed by atoms with Gasteiger partial charge in [0.15, 0.2) is 0 Å². The topological polar surface area (TPSA) is 87.5 Å². The molecule has 1 aliphatic rings. The Bertz CT molecular complexity index is 320. The molecule has 1 aliphatic heterocycles. The number of rotatable bonds is 2. The van der Waals surface area contributed by atoms with Crippen LogP contribution >= 0.6 is 0 Å². The van der Waals surface area contributed by atoms with Crippen LogP contribution in [0.25, 0.3) is 10.4 Å². The van der Waals surface area contributed by atoms with E-state index >= 15 is 0 Å². The minimum atomic E-state index is -0.504. The molecule has 1 saturated heterocycles. The number of hydrogen-bond acceptors (Lipinski definition) is 4. The number of amides is 1. The van der Waals surface area contributed by atoms with Crippen LogP contribution in [0.15, 0.2) is 5.11 Å². The van der Waals surface area contributed by atoms with Crippen LogP contribution in [0.2, 0.25) is 0 Å². The van der Waals surface area contributed by atoms with Crippen LogP contribution in [-0.4, -0.2) is 48.9 Å². The van der Waals surface area contributed by atoms with E-state index < -0.39 is 5.60 Å². The largest absolute Gasteiger partial charge is 0.444 e. The lowest BCUT2D eigenvalue weighted by Crippen LogP contribution is -2.48. The monoisotopic (exact) mass is 242 g/mol. The Morgan fingerprint density at radius 1 is 1.65 bits per heavy atom. The number of nitrogens with zero attached hydrogens (tertiary/aromatic N) is 4. The summed E-state index contributed by atoms with van der Waals surface area (Å²) in [5.74, 6) is 0. The fraction of sp³-hybridized carbons (Fsp3) is 0.900. The summed E-state index contributed by atoms with van der Waals surface area (Å²) in [4.78, 5) is 16.0. The lowest BCUT2D eigenvalue weighted by molar-refractivity contribution is -0.0384. The fourth-order valence-corrected chi connectivity index (χ4v) is 1.45. The Morgan fingerprint density at radius 3 is 2.94 bits per heavy atom. The van der Waals surface area contributed by atoms with Gasteiger partial charge in [0.2, 0.25) is 0 Å². The van der Waals surface area contributed by atoms with E-state index in [4.69, 9.17) is 15.0 Å². The maximum Gasteiger partial charge on any atom is 0.410 e. The molecule has 0 aromatic heterocycles. The highest BCUT2D eigenvalue weighted by molar-refractivity contribution is 5.68. The van der Waals surface area contributed by atoms with Crippen LogP contribution in [0.5, 0.6) is 0 Å². The first-order chi connectivity index (χ1) is 7.92. The van der Waals surface area contributed by atoms with E-state index in [9.17, 15) is 4.79 Å². The molecule has 1 fully saturated rings. The first-order valence-corrected chi connectivity index (χ1v) is 5.53. The summed E-state index contributed by atoms with van der Waals surface area (Å²) in [6.07, 6.45) is -0.598. The standard InChI is InChI=1S/C10H18N4O3/c1-10(2,3)17-9(15)14-4-5-16-8(7-14)6-12-13-11/h8H,4-7H2,1-3H3/t8-/m1/s1. The number of morpholine rings is 1. The van der Waals surface area contributed by atoms with Crippen molar-refractivity contribution >= 4 is 6.09 Å². The Balaban J connectivity index is 2.48. The van der Waals surface area contributed by atoms with Crippen LogP contribution in [0.1, 0.15) is 20.8 Å². The Hall–Kier alpha value is -1.46. The molecule has 17 heavy (non-hydrogen) atoms. The van der Waals surface area contributed by atoms with Gasteiger partial charge in [0.25, 0.3) is 0 Å². The van der Waals surface area contributed by atoms with Crippen molar-refractivity contribution in [3.05, 3.63) is 10.4 Å². The minimum Gasteiger partial charge on any atom is -0.444 e. The molecule has 0 aliphatic carbocycles. The summed E-state index contributed by atoms with van der Waals surface area (Å²) in [5.41, 5.74) is 7.72. The predicted molar refractivity (Wildman–Crippen MR) is 61.6 cm³/mol. The van der Waals surface area contributed by atoms with E-state index in [0.717, 1.165) is 0 Å². The normalized spacial score (nSPS) is 20.6. The van der Waals surface area contributed by atoms with Crippen LogP contribution in [0, 0.1) is 0 Å². The van der Waals surface area contributed by atoms with E-state index in [2.05, 4.69) is 10.0 Å². The van der Waals surface area contributed by atoms with Crippen molar-refractivity contribution in [1.29, 1.82) is 0 Å². The van der Waals surface area contributed by atoms with Crippen molar-refractivity contribution in [3.8, 4) is 0 Å². The second-order valence-electron chi connectivity index (χ2n) is 4.83. The lowest BCUT2D eigenvalue weighted by Gasteiger charge is -2.33. The summed E-state index contributed by atoms with van der Waals surface area (Å²) in [5, 5.41) is 3.44. The van der Waals surface area contributed by atoms with E-state index in [1.54, 1.807) is 4.90 Å². The second kappa shape index (κ2) is 5.75. The van der Waals surface area contributed by atoms with Crippen molar-refractivity contribution in [3.63, 3.8) is 0 Å². The van der Waals surface area contributed by atoms with Gasteiger partial charge < -0.3 is 14.4 Å². The maximum absolute atomic E-state index is 11.8. The van der Waals surface area contributed by atoms with Crippen LogP contribution in [-0.2, 0) is 9.47 Å². The highest BCUT2D eigenvalue weighted by Gasteiger charge is 2.27. The third-order valence-electron chi connectivity index (χ3n) is 2.14. The van der Waals surface area contributed by atoms with Gasteiger partial charge in [0.05, 0.1) is 25.8 Å². The molecule has 0 aromatic rings. The van der Waals surface area contributed by atoms with E-state index in [-0.39, 0.29) is 18.7 Å². The second-order valence-corrected chi connectivity index (χ2v) is 4.83. The number of carbonyl (C=O) groups excluding carboxylic acids is 1. The SMILES string of the molecule is CC(C)(C)OC(=O)N1CCO[C@H](CN=[N+]=[N-])C1. The molecule has 0 N–H and O–H groups in total. The molecule has 1 amide bonds. The van der Waals surface area contributed by atoms with Gasteiger partial charge in [0, 0.05) is 11.5 Å². The van der Waals surface area contributed by atoms with Crippen LogP contribution in [0.4, 0.5) is 4.79 Å². The van der Waals surface area contributed by atoms with Gasteiger partial charge in [-0.3, -0.25) is 0 Å². The van der Waals surface area contributed by atoms with Crippen molar-refractivity contribution in [2.75, 3.05) is 26.2 Å². The summed E-state index contributed by atoms with van der Waals surface area (Å²) in [6.45, 7) is 7.03. The fourth-order valence-electron chi connectivity index (χ4n) is 1.45. The molecule has 7 nitrogen and oxygen atoms in total. The predicted octanol–water partition coefficient (Wildman–Crippen LogP) is 1.93. The molecule has 0 unspecified atom stereocenters. The Morgan fingerprint density at radius 2 is 2.35 bits per heavy atom. The summed E-state index contributed by atoms with van der Waals surface area (Å²) in [6, 6.07) is 0. The van der Waals surface area contributed by atoms with Gasteiger partial charge in [-0.15, -0.1) is 0 Å². The third kappa shape index (κ3) is 4.93. The number of carbonyl (C=O) groups is 1. The highest BCUT2D eigenvalue weighted by atomic mass is 16.6. The van der Waals surface area contributed by atoms with E-state index in [1.807, 2.05) is 20.8 Å². The molecule has 1 heterocycles. The van der Waals surface area contributed by atoms with Gasteiger partial charge in [-0.25, -0.2) is 4.79 Å². The van der Waals surface area contributed by atoms with Crippen LogP contribution < -0.4 is 0 Å². The average Bonchev–Trinajstić information content (AvgIpc) is 2.24. The zero-order valence-corrected chi connectivity index (χ0v) is 10.4. The number of ether oxygens (including phenoxy) is 2. The third-order valence-corrected chi connectivity index (χ3v) is 2.14. The highest BCUT2D eigenvalue weighted by Crippen LogP contribution is 2.13. The molecule has 1 rings (SSSR count). The molecule has 0 saturated carbocycles. The van der Waals surface area contributed by atoms with Gasteiger partial charge in [0.1, 0.15) is 5.60 Å². The van der Waals surface area contributed by atoms with Gasteiger partial charge in [-0.05, 0) is 26.3 Å². The molecule has 0 aromatic carbocycles. The number of azide groups is 1. The van der Waals surface area contributed by atoms with Gasteiger partial charge in [-0.2, -0.15) is 0 Å². The van der Waals surface area contributed by atoms with Crippen LogP contribution in [0.3, 0.4) is 0 Å². The van der Waals surface area contributed by atoms with Crippen molar-refractivity contribution in [2.24, 2.45) is 5.11 Å². The van der Waals surface area contributed by atoms with E-state index in [0.29, 0.717) is 19.7 Å². The number of hydrogen-bond donors (Lipinski definition) is 0. The summed E-state index contributed by atoms with van der Waals surface area (Å²) >= 11 is 0. The minimum absolute atomic E-state index is 0.232. The van der Waals surface area contributed by atoms with Gasteiger partial charge in [-0.1, -0.05) is 5.11 Å². The zero-order valence-electron chi connectivity index (χ0n) is 10.4. The van der Waals surface area contributed by atoms with E-state index in [1.165, 1.54) is 0 Å².